The second kappa shape index (κ2) is 4.99. The Labute approximate surface area is 111 Å². The molecule has 102 valence electrons. The highest BCUT2D eigenvalue weighted by molar-refractivity contribution is 6.51. The summed E-state index contributed by atoms with van der Waals surface area (Å²) < 4.78 is 14.1. The minimum Gasteiger partial charge on any atom is -0.367 e. The van der Waals surface area contributed by atoms with Gasteiger partial charge in [-0.2, -0.15) is 0 Å². The Kier molecular flexibility index (Phi) is 3.55. The number of anilines is 2. The first-order chi connectivity index (χ1) is 8.99. The number of benzene rings is 1. The van der Waals surface area contributed by atoms with Gasteiger partial charge in [-0.15, -0.1) is 0 Å². The molecular weight excluding hydrogens is 247 g/mol. The van der Waals surface area contributed by atoms with Gasteiger partial charge in [0.05, 0.1) is 16.9 Å². The predicted molar refractivity (Wildman–Crippen MR) is 72.1 cm³/mol. The molecule has 1 aliphatic rings. The fourth-order valence-electron chi connectivity index (χ4n) is 2.31. The van der Waals surface area contributed by atoms with Crippen LogP contribution < -0.4 is 10.2 Å². The molecule has 19 heavy (non-hydrogen) atoms. The average molecular weight is 264 g/mol. The Bertz CT molecular complexity index is 542. The van der Waals surface area contributed by atoms with Crippen molar-refractivity contribution in [3.63, 3.8) is 0 Å². The molecule has 1 amide bonds. The van der Waals surface area contributed by atoms with E-state index in [2.05, 4.69) is 5.32 Å². The van der Waals surface area contributed by atoms with Crippen LogP contribution in [0.15, 0.2) is 12.1 Å². The second-order valence-electron chi connectivity index (χ2n) is 4.68. The van der Waals surface area contributed by atoms with E-state index in [1.807, 2.05) is 25.7 Å². The minimum absolute atomic E-state index is 0.117. The van der Waals surface area contributed by atoms with E-state index in [1.54, 1.807) is 6.07 Å². The highest BCUT2D eigenvalue weighted by atomic mass is 19.1. The number of amides is 1. The molecule has 0 bridgehead atoms. The Morgan fingerprint density at radius 2 is 2.00 bits per heavy atom. The lowest BCUT2D eigenvalue weighted by Crippen LogP contribution is -2.33. The van der Waals surface area contributed by atoms with Gasteiger partial charge in [-0.25, -0.2) is 4.39 Å². The van der Waals surface area contributed by atoms with Crippen LogP contribution in [0.2, 0.25) is 0 Å². The van der Waals surface area contributed by atoms with Crippen LogP contribution in [0.5, 0.6) is 0 Å². The maximum Gasteiger partial charge on any atom is 0.296 e. The molecule has 4 nitrogen and oxygen atoms in total. The van der Waals surface area contributed by atoms with Crippen molar-refractivity contribution in [3.8, 4) is 0 Å². The largest absolute Gasteiger partial charge is 0.367 e. The van der Waals surface area contributed by atoms with Gasteiger partial charge in [0.1, 0.15) is 5.82 Å². The third kappa shape index (κ3) is 2.20. The molecular formula is C14H17FN2O2. The van der Waals surface area contributed by atoms with Gasteiger partial charge in [-0.05, 0) is 32.4 Å². The van der Waals surface area contributed by atoms with Crippen molar-refractivity contribution in [1.29, 1.82) is 0 Å². The molecule has 0 spiro atoms. The predicted octanol–water partition coefficient (Wildman–Crippen LogP) is 2.59. The molecule has 1 N–H and O–H groups in total. The number of nitrogens with zero attached hydrogens (tertiary/aromatic N) is 1. The molecule has 1 atom stereocenters. The summed E-state index contributed by atoms with van der Waals surface area (Å²) in [6.45, 7) is 6.65. The van der Waals surface area contributed by atoms with Gasteiger partial charge in [-0.1, -0.05) is 6.92 Å². The van der Waals surface area contributed by atoms with E-state index in [-0.39, 0.29) is 11.6 Å². The molecule has 2 rings (SSSR count). The van der Waals surface area contributed by atoms with Gasteiger partial charge in [0.25, 0.3) is 11.7 Å². The first-order valence-electron chi connectivity index (χ1n) is 6.45. The van der Waals surface area contributed by atoms with Gasteiger partial charge < -0.3 is 10.2 Å². The highest BCUT2D eigenvalue weighted by Crippen LogP contribution is 2.32. The normalized spacial score (nSPS) is 15.2. The third-order valence-electron chi connectivity index (χ3n) is 3.56. The number of carbonyl (C=O) groups is 2. The SMILES string of the molecule is CCC(C)N(CC)c1cc2c(cc1F)C(=O)C(=O)N2. The lowest BCUT2D eigenvalue weighted by atomic mass is 10.1. The summed E-state index contributed by atoms with van der Waals surface area (Å²) >= 11 is 0. The fourth-order valence-corrected chi connectivity index (χ4v) is 2.31. The number of hydrogen-bond donors (Lipinski definition) is 1. The zero-order valence-electron chi connectivity index (χ0n) is 11.3. The molecule has 1 unspecified atom stereocenters. The number of nitrogens with one attached hydrogen (secondary N) is 1. The number of rotatable bonds is 4. The summed E-state index contributed by atoms with van der Waals surface area (Å²) in [5.74, 6) is -1.84. The maximum absolute atomic E-state index is 14.1. The molecule has 0 fully saturated rings. The van der Waals surface area contributed by atoms with Gasteiger partial charge in [0.15, 0.2) is 0 Å². The molecule has 1 heterocycles. The average Bonchev–Trinajstić information content (AvgIpc) is 2.66. The topological polar surface area (TPSA) is 49.4 Å². The van der Waals surface area contributed by atoms with E-state index in [1.165, 1.54) is 0 Å². The monoisotopic (exact) mass is 264 g/mol. The number of ketones is 1. The first kappa shape index (κ1) is 13.5. The molecule has 5 heteroatoms. The number of hydrogen-bond acceptors (Lipinski definition) is 3. The summed E-state index contributed by atoms with van der Waals surface area (Å²) in [5.41, 5.74) is 0.935. The zero-order valence-corrected chi connectivity index (χ0v) is 11.3. The molecule has 0 radical (unpaired) electrons. The fraction of sp³-hybridized carbons (Fsp3) is 0.429. The van der Waals surface area contributed by atoms with Crippen molar-refractivity contribution in [3.05, 3.63) is 23.5 Å². The standard InChI is InChI=1S/C14H17FN2O2/c1-4-8(3)17(5-2)12-7-11-9(6-10(12)15)13(18)14(19)16-11/h6-8H,4-5H2,1-3H3,(H,16,18,19). The lowest BCUT2D eigenvalue weighted by molar-refractivity contribution is -0.112. The van der Waals surface area contributed by atoms with Crippen molar-refractivity contribution >= 4 is 23.1 Å². The smallest absolute Gasteiger partial charge is 0.296 e. The van der Waals surface area contributed by atoms with E-state index in [0.717, 1.165) is 12.5 Å². The van der Waals surface area contributed by atoms with Gasteiger partial charge in [0, 0.05) is 12.6 Å². The van der Waals surface area contributed by atoms with Crippen molar-refractivity contribution < 1.29 is 14.0 Å². The van der Waals surface area contributed by atoms with E-state index >= 15 is 0 Å². The Morgan fingerprint density at radius 1 is 1.32 bits per heavy atom. The van der Waals surface area contributed by atoms with Crippen LogP contribution in [0.3, 0.4) is 0 Å². The molecule has 0 aliphatic carbocycles. The van der Waals surface area contributed by atoms with Gasteiger partial charge in [0.2, 0.25) is 0 Å². The van der Waals surface area contributed by atoms with Crippen LogP contribution in [-0.2, 0) is 4.79 Å². The van der Waals surface area contributed by atoms with E-state index in [9.17, 15) is 14.0 Å². The summed E-state index contributed by atoms with van der Waals surface area (Å²) in [7, 11) is 0. The van der Waals surface area contributed by atoms with Crippen molar-refractivity contribution in [2.24, 2.45) is 0 Å². The highest BCUT2D eigenvalue weighted by Gasteiger charge is 2.30. The van der Waals surface area contributed by atoms with Crippen LogP contribution in [0.1, 0.15) is 37.6 Å². The van der Waals surface area contributed by atoms with Crippen molar-refractivity contribution in [2.75, 3.05) is 16.8 Å². The van der Waals surface area contributed by atoms with Crippen molar-refractivity contribution in [2.45, 2.75) is 33.2 Å². The van der Waals surface area contributed by atoms with Gasteiger partial charge in [-0.3, -0.25) is 9.59 Å². The van der Waals surface area contributed by atoms with Crippen LogP contribution in [0, 0.1) is 5.82 Å². The molecule has 0 saturated heterocycles. The van der Waals surface area contributed by atoms with E-state index in [4.69, 9.17) is 0 Å². The Morgan fingerprint density at radius 3 is 2.58 bits per heavy atom. The molecule has 0 saturated carbocycles. The summed E-state index contributed by atoms with van der Waals surface area (Å²) in [6, 6.07) is 2.88. The van der Waals surface area contributed by atoms with Gasteiger partial charge >= 0.3 is 0 Å². The first-order valence-corrected chi connectivity index (χ1v) is 6.45. The number of Topliss-reactive ketones (excluding diaryl/α,β-unsaturated/α-hetero) is 1. The molecule has 0 aromatic heterocycles. The second-order valence-corrected chi connectivity index (χ2v) is 4.68. The summed E-state index contributed by atoms with van der Waals surface area (Å²) in [4.78, 5) is 24.7. The Hall–Kier alpha value is -1.91. The molecule has 1 aromatic carbocycles. The molecule has 1 aromatic rings. The number of halogens is 1. The maximum atomic E-state index is 14.1. The molecule has 1 aliphatic heterocycles. The number of fused-ring (bicyclic) bond motifs is 1. The Balaban J connectivity index is 2.47. The number of carbonyl (C=O) groups excluding carboxylic acids is 2. The van der Waals surface area contributed by atoms with E-state index in [0.29, 0.717) is 17.9 Å². The van der Waals surface area contributed by atoms with E-state index < -0.39 is 17.5 Å². The third-order valence-corrected chi connectivity index (χ3v) is 3.56. The zero-order chi connectivity index (χ0) is 14.2. The van der Waals surface area contributed by atoms with Crippen LogP contribution >= 0.6 is 0 Å². The van der Waals surface area contributed by atoms with Crippen LogP contribution in [0.4, 0.5) is 15.8 Å². The van der Waals surface area contributed by atoms with Crippen LogP contribution in [-0.4, -0.2) is 24.3 Å². The van der Waals surface area contributed by atoms with Crippen LogP contribution in [0.25, 0.3) is 0 Å². The minimum atomic E-state index is -0.696. The summed E-state index contributed by atoms with van der Waals surface area (Å²) in [5, 5.41) is 2.47. The lowest BCUT2D eigenvalue weighted by Gasteiger charge is -2.30. The quantitative estimate of drug-likeness (QED) is 0.850. The van der Waals surface area contributed by atoms with Crippen molar-refractivity contribution in [1.82, 2.24) is 0 Å². The summed E-state index contributed by atoms with van der Waals surface area (Å²) in [6.07, 6.45) is 0.885.